The van der Waals surface area contributed by atoms with Gasteiger partial charge in [0.25, 0.3) is 5.91 Å². The van der Waals surface area contributed by atoms with Gasteiger partial charge in [-0.05, 0) is 71.8 Å². The largest absolute Gasteiger partial charge is 0.454 e. The summed E-state index contributed by atoms with van der Waals surface area (Å²) >= 11 is 0. The molecule has 1 aliphatic heterocycles. The number of imidazole rings is 1. The number of H-pyrrole nitrogens is 1. The number of carbonyl (C=O) groups is 2. The third kappa shape index (κ3) is 4.67. The van der Waals surface area contributed by atoms with Crippen molar-refractivity contribution in [3.8, 4) is 22.6 Å². The van der Waals surface area contributed by atoms with Crippen molar-refractivity contribution in [2.24, 2.45) is 0 Å². The van der Waals surface area contributed by atoms with Gasteiger partial charge in [0.2, 0.25) is 6.79 Å². The first-order valence-corrected chi connectivity index (χ1v) is 12.9. The van der Waals surface area contributed by atoms with E-state index in [1.807, 2.05) is 48.5 Å². The van der Waals surface area contributed by atoms with Crippen LogP contribution in [0, 0.1) is 6.92 Å². The van der Waals surface area contributed by atoms with Crippen LogP contribution >= 0.6 is 0 Å². The van der Waals surface area contributed by atoms with Gasteiger partial charge in [0.05, 0.1) is 11.7 Å². The second-order valence-corrected chi connectivity index (χ2v) is 10.1. The topological polar surface area (TPSA) is 93.3 Å². The average Bonchev–Trinajstić information content (AvgIpc) is 3.33. The molecule has 1 aromatic heterocycles. The van der Waals surface area contributed by atoms with Crippen molar-refractivity contribution >= 4 is 11.7 Å². The summed E-state index contributed by atoms with van der Waals surface area (Å²) in [6, 6.07) is 19.7. The van der Waals surface area contributed by atoms with E-state index in [-0.39, 0.29) is 18.5 Å². The van der Waals surface area contributed by atoms with Gasteiger partial charge in [-0.15, -0.1) is 0 Å². The zero-order chi connectivity index (χ0) is 26.1. The van der Waals surface area contributed by atoms with Crippen molar-refractivity contribution in [1.82, 2.24) is 15.3 Å². The molecule has 0 unspecified atom stereocenters. The van der Waals surface area contributed by atoms with Gasteiger partial charge < -0.3 is 19.8 Å². The molecule has 2 N–H and O–H groups in total. The molecule has 38 heavy (non-hydrogen) atoms. The van der Waals surface area contributed by atoms with E-state index in [0.717, 1.165) is 52.1 Å². The molecule has 0 radical (unpaired) electrons. The van der Waals surface area contributed by atoms with Gasteiger partial charge in [-0.1, -0.05) is 36.4 Å². The summed E-state index contributed by atoms with van der Waals surface area (Å²) in [5, 5.41) is 2.95. The van der Waals surface area contributed by atoms with Crippen molar-refractivity contribution in [2.75, 3.05) is 13.3 Å². The number of hydrogen-bond acceptors (Lipinski definition) is 5. The fourth-order valence-corrected chi connectivity index (χ4v) is 5.13. The van der Waals surface area contributed by atoms with Crippen LogP contribution in [0.5, 0.6) is 11.5 Å². The fraction of sp³-hybridized carbons (Fsp3) is 0.258. The number of aromatic nitrogens is 2. The summed E-state index contributed by atoms with van der Waals surface area (Å²) in [6.45, 7) is 2.82. The Morgan fingerprint density at radius 2 is 1.82 bits per heavy atom. The number of nitrogens with one attached hydrogen (secondary N) is 2. The van der Waals surface area contributed by atoms with E-state index in [2.05, 4.69) is 34.3 Å². The molecule has 4 aromatic rings. The van der Waals surface area contributed by atoms with Crippen LogP contribution in [0.1, 0.15) is 45.6 Å². The van der Waals surface area contributed by atoms with Gasteiger partial charge in [0.1, 0.15) is 5.78 Å². The number of Topliss-reactive ketones (excluding diaryl/α,β-unsaturated/α-hetero) is 1. The van der Waals surface area contributed by atoms with E-state index in [4.69, 9.17) is 9.47 Å². The lowest BCUT2D eigenvalue weighted by molar-refractivity contribution is -0.120. The maximum Gasteiger partial charge on any atom is 0.251 e. The lowest BCUT2D eigenvalue weighted by Crippen LogP contribution is -2.25. The fourth-order valence-electron chi connectivity index (χ4n) is 5.13. The lowest BCUT2D eigenvalue weighted by Gasteiger charge is -2.16. The maximum atomic E-state index is 13.5. The summed E-state index contributed by atoms with van der Waals surface area (Å²) in [5.74, 6) is 1.57. The van der Waals surface area contributed by atoms with Gasteiger partial charge in [0.15, 0.2) is 11.5 Å². The first-order chi connectivity index (χ1) is 18.5. The number of rotatable bonds is 9. The molecular formula is C31H29N3O4. The molecule has 7 nitrogen and oxygen atoms in total. The van der Waals surface area contributed by atoms with Crippen LogP contribution in [-0.2, 0) is 23.1 Å². The molecule has 2 aliphatic rings. The third-order valence-corrected chi connectivity index (χ3v) is 7.57. The second-order valence-electron chi connectivity index (χ2n) is 10.1. The highest BCUT2D eigenvalue weighted by atomic mass is 16.7. The highest BCUT2D eigenvalue weighted by Crippen LogP contribution is 2.51. The van der Waals surface area contributed by atoms with Gasteiger partial charge in [-0.2, -0.15) is 0 Å². The van der Waals surface area contributed by atoms with Gasteiger partial charge >= 0.3 is 0 Å². The number of nitrogens with zero attached hydrogens (tertiary/aromatic N) is 1. The van der Waals surface area contributed by atoms with E-state index in [9.17, 15) is 9.59 Å². The molecule has 1 saturated carbocycles. The number of ether oxygens (including phenoxy) is 2. The number of aryl methyl sites for hydroxylation is 1. The number of ketones is 1. The number of aromatic amines is 1. The highest BCUT2D eigenvalue weighted by molar-refractivity contribution is 5.96. The summed E-state index contributed by atoms with van der Waals surface area (Å²) in [5.41, 5.74) is 6.37. The van der Waals surface area contributed by atoms with Crippen molar-refractivity contribution in [2.45, 2.75) is 38.0 Å². The van der Waals surface area contributed by atoms with Crippen LogP contribution in [0.15, 0.2) is 73.2 Å². The molecule has 1 aliphatic carbocycles. The first-order valence-electron chi connectivity index (χ1n) is 12.9. The van der Waals surface area contributed by atoms with E-state index in [0.29, 0.717) is 30.7 Å². The molecule has 6 rings (SSSR count). The van der Waals surface area contributed by atoms with Crippen LogP contribution in [0.2, 0.25) is 0 Å². The number of hydrogen-bond donors (Lipinski definition) is 2. The molecule has 1 amide bonds. The minimum absolute atomic E-state index is 0.106. The molecule has 7 heteroatoms. The second kappa shape index (κ2) is 9.82. The van der Waals surface area contributed by atoms with E-state index < -0.39 is 5.41 Å². The molecule has 0 atom stereocenters. The number of carbonyl (C=O) groups excluding carboxylic acids is 2. The minimum atomic E-state index is -0.432. The maximum absolute atomic E-state index is 13.5. The summed E-state index contributed by atoms with van der Waals surface area (Å²) in [4.78, 5) is 33.1. The van der Waals surface area contributed by atoms with Crippen LogP contribution in [0.25, 0.3) is 11.1 Å². The lowest BCUT2D eigenvalue weighted by atomic mass is 9.87. The van der Waals surface area contributed by atoms with Crippen LogP contribution < -0.4 is 14.8 Å². The number of fused-ring (bicyclic) bond motifs is 1. The Balaban J connectivity index is 1.14. The van der Waals surface area contributed by atoms with E-state index >= 15 is 0 Å². The van der Waals surface area contributed by atoms with Gasteiger partial charge in [0, 0.05) is 36.8 Å². The molecule has 0 saturated heterocycles. The molecule has 0 bridgehead atoms. The molecular weight excluding hydrogens is 478 g/mol. The standard InChI is InChI=1S/C31H29N3O4/c1-20-2-3-21(15-29(35)31(11-12-31)24-8-9-27-28(16-24)38-19-37-27)14-26(20)22-4-6-23(7-5-22)30(36)33-13-10-25-17-32-18-34-25/h2-9,14,16-18H,10-13,15,19H2,1H3,(H,32,34)(H,33,36). The molecule has 0 spiro atoms. The third-order valence-electron chi connectivity index (χ3n) is 7.57. The molecule has 1 fully saturated rings. The zero-order valence-corrected chi connectivity index (χ0v) is 21.3. The number of amides is 1. The summed E-state index contributed by atoms with van der Waals surface area (Å²) in [6.07, 6.45) is 6.17. The number of benzene rings is 3. The highest BCUT2D eigenvalue weighted by Gasteiger charge is 2.50. The normalized spacial score (nSPS) is 14.8. The van der Waals surface area contributed by atoms with Crippen molar-refractivity contribution in [3.05, 3.63) is 101 Å². The Hall–Kier alpha value is -4.39. The first kappa shape index (κ1) is 24.0. The Morgan fingerprint density at radius 3 is 2.58 bits per heavy atom. The van der Waals surface area contributed by atoms with Gasteiger partial charge in [-0.25, -0.2) is 4.98 Å². The quantitative estimate of drug-likeness (QED) is 0.335. The van der Waals surface area contributed by atoms with E-state index in [1.165, 1.54) is 0 Å². The Morgan fingerprint density at radius 1 is 1.00 bits per heavy atom. The Bertz CT molecular complexity index is 1490. The molecule has 2 heterocycles. The Labute approximate surface area is 221 Å². The van der Waals surface area contributed by atoms with Crippen LogP contribution in [-0.4, -0.2) is 35.0 Å². The summed E-state index contributed by atoms with van der Waals surface area (Å²) < 4.78 is 11.0. The van der Waals surface area contributed by atoms with Crippen molar-refractivity contribution in [1.29, 1.82) is 0 Å². The van der Waals surface area contributed by atoms with Crippen molar-refractivity contribution in [3.63, 3.8) is 0 Å². The SMILES string of the molecule is Cc1ccc(CC(=O)C2(c3ccc4c(c3)OCO4)CC2)cc1-c1ccc(C(=O)NCCc2cnc[nH]2)cc1. The van der Waals surface area contributed by atoms with Crippen LogP contribution in [0.4, 0.5) is 0 Å². The summed E-state index contributed by atoms with van der Waals surface area (Å²) in [7, 11) is 0. The smallest absolute Gasteiger partial charge is 0.251 e. The van der Waals surface area contributed by atoms with E-state index in [1.54, 1.807) is 12.5 Å². The average molecular weight is 508 g/mol. The predicted molar refractivity (Wildman–Crippen MR) is 143 cm³/mol. The van der Waals surface area contributed by atoms with Crippen LogP contribution in [0.3, 0.4) is 0 Å². The van der Waals surface area contributed by atoms with Crippen molar-refractivity contribution < 1.29 is 19.1 Å². The minimum Gasteiger partial charge on any atom is -0.454 e. The molecule has 3 aromatic carbocycles. The monoisotopic (exact) mass is 507 g/mol. The Kier molecular flexibility index (Phi) is 6.19. The van der Waals surface area contributed by atoms with Gasteiger partial charge in [-0.3, -0.25) is 9.59 Å². The zero-order valence-electron chi connectivity index (χ0n) is 21.3. The predicted octanol–water partition coefficient (Wildman–Crippen LogP) is 4.93. The molecule has 192 valence electrons.